The van der Waals surface area contributed by atoms with Crippen LogP contribution in [-0.4, -0.2) is 16.7 Å². The minimum Gasteiger partial charge on any atom is -0.350 e. The molecule has 0 atom stereocenters. The van der Waals surface area contributed by atoms with Crippen molar-refractivity contribution in [3.63, 3.8) is 0 Å². The van der Waals surface area contributed by atoms with Crippen molar-refractivity contribution < 1.29 is 9.59 Å². The lowest BCUT2D eigenvalue weighted by molar-refractivity contribution is -0.114. The van der Waals surface area contributed by atoms with Crippen molar-refractivity contribution >= 4 is 51.2 Å². The number of thiophene rings is 1. The second-order valence-corrected chi connectivity index (χ2v) is 5.80. The van der Waals surface area contributed by atoms with Gasteiger partial charge in [0.1, 0.15) is 5.69 Å². The normalized spacial score (nSPS) is 10.8. The molecule has 0 radical (unpaired) electrons. The Morgan fingerprint density at radius 1 is 1.29 bits per heavy atom. The predicted octanol–water partition coefficient (Wildman–Crippen LogP) is 4.07. The first kappa shape index (κ1) is 13.9. The maximum absolute atomic E-state index is 12.6. The van der Waals surface area contributed by atoms with Gasteiger partial charge in [-0.15, -0.1) is 0 Å². The Hall–Kier alpha value is -2.11. The number of nitrogens with one attached hydrogen (secondary N) is 2. The average molecular weight is 319 g/mol. The molecule has 6 heteroatoms. The fourth-order valence-electron chi connectivity index (χ4n) is 2.18. The van der Waals surface area contributed by atoms with E-state index in [9.17, 15) is 9.59 Å². The topological polar surface area (TPSA) is 62.0 Å². The van der Waals surface area contributed by atoms with Crippen LogP contribution in [-0.2, 0) is 4.79 Å². The third kappa shape index (κ3) is 2.57. The highest BCUT2D eigenvalue weighted by atomic mass is 35.5. The van der Waals surface area contributed by atoms with Gasteiger partial charge in [-0.1, -0.05) is 11.6 Å². The number of amides is 1. The summed E-state index contributed by atoms with van der Waals surface area (Å²) in [5.74, 6) is -0.391. The van der Waals surface area contributed by atoms with Gasteiger partial charge in [-0.3, -0.25) is 9.59 Å². The molecule has 3 rings (SSSR count). The van der Waals surface area contributed by atoms with Crippen molar-refractivity contribution in [3.05, 3.63) is 51.3 Å². The standard InChI is InChI=1S/C15H11ClN2O2S/c1-8(19)17-13-11-3-2-10(16)6-12(11)18-14(13)15(20)9-4-5-21-7-9/h2-7,18H,1H3,(H,17,19). The lowest BCUT2D eigenvalue weighted by Gasteiger charge is -2.03. The monoisotopic (exact) mass is 318 g/mol. The van der Waals surface area contributed by atoms with Crippen molar-refractivity contribution in [2.24, 2.45) is 0 Å². The number of carbonyl (C=O) groups excluding carboxylic acids is 2. The molecule has 2 aromatic heterocycles. The number of rotatable bonds is 3. The second-order valence-electron chi connectivity index (χ2n) is 4.59. The number of fused-ring (bicyclic) bond motifs is 1. The van der Waals surface area contributed by atoms with E-state index in [2.05, 4.69) is 10.3 Å². The van der Waals surface area contributed by atoms with E-state index in [0.29, 0.717) is 27.5 Å². The van der Waals surface area contributed by atoms with Crippen LogP contribution in [0.15, 0.2) is 35.0 Å². The summed E-state index contributed by atoms with van der Waals surface area (Å²) in [4.78, 5) is 27.0. The van der Waals surface area contributed by atoms with Crippen molar-refractivity contribution in [1.82, 2.24) is 4.98 Å². The number of aromatic nitrogens is 1. The Kier molecular flexibility index (Phi) is 3.53. The quantitative estimate of drug-likeness (QED) is 0.715. The number of anilines is 1. The molecule has 0 saturated heterocycles. The van der Waals surface area contributed by atoms with Gasteiger partial charge in [0.25, 0.3) is 0 Å². The van der Waals surface area contributed by atoms with Crippen LogP contribution >= 0.6 is 22.9 Å². The minimum atomic E-state index is -0.231. The molecule has 0 bridgehead atoms. The first-order valence-corrected chi connectivity index (χ1v) is 7.54. The molecule has 0 unspecified atom stereocenters. The molecule has 0 saturated carbocycles. The Balaban J connectivity index is 2.20. The van der Waals surface area contributed by atoms with E-state index in [4.69, 9.17) is 11.6 Å². The third-order valence-corrected chi connectivity index (χ3v) is 3.99. The molecule has 21 heavy (non-hydrogen) atoms. The summed E-state index contributed by atoms with van der Waals surface area (Å²) >= 11 is 7.42. The van der Waals surface area contributed by atoms with Gasteiger partial charge in [-0.05, 0) is 29.6 Å². The number of aromatic amines is 1. The molecule has 2 heterocycles. The molecule has 1 aromatic carbocycles. The zero-order valence-electron chi connectivity index (χ0n) is 11.1. The van der Waals surface area contributed by atoms with Crippen LogP contribution < -0.4 is 5.32 Å². The summed E-state index contributed by atoms with van der Waals surface area (Å²) in [6, 6.07) is 6.99. The van der Waals surface area contributed by atoms with Gasteiger partial charge >= 0.3 is 0 Å². The highest BCUT2D eigenvalue weighted by molar-refractivity contribution is 7.08. The van der Waals surface area contributed by atoms with Crippen LogP contribution in [0.5, 0.6) is 0 Å². The average Bonchev–Trinajstić information content (AvgIpc) is 3.05. The van der Waals surface area contributed by atoms with E-state index in [1.807, 2.05) is 5.38 Å². The number of carbonyl (C=O) groups is 2. The number of hydrogen-bond acceptors (Lipinski definition) is 3. The highest BCUT2D eigenvalue weighted by Gasteiger charge is 2.20. The number of benzene rings is 1. The van der Waals surface area contributed by atoms with Gasteiger partial charge in [-0.25, -0.2) is 0 Å². The van der Waals surface area contributed by atoms with Crippen LogP contribution in [0.2, 0.25) is 5.02 Å². The van der Waals surface area contributed by atoms with Crippen molar-refractivity contribution in [2.45, 2.75) is 6.92 Å². The second kappa shape index (κ2) is 5.35. The Bertz CT molecular complexity index is 837. The SMILES string of the molecule is CC(=O)Nc1c(C(=O)c2ccsc2)[nH]c2cc(Cl)ccc12. The zero-order chi connectivity index (χ0) is 15.0. The van der Waals surface area contributed by atoms with Crippen molar-refractivity contribution in [2.75, 3.05) is 5.32 Å². The van der Waals surface area contributed by atoms with Gasteiger partial charge in [-0.2, -0.15) is 11.3 Å². The summed E-state index contributed by atoms with van der Waals surface area (Å²) in [7, 11) is 0. The fourth-order valence-corrected chi connectivity index (χ4v) is 2.99. The summed E-state index contributed by atoms with van der Waals surface area (Å²) in [6.07, 6.45) is 0. The molecule has 4 nitrogen and oxygen atoms in total. The molecule has 0 aliphatic rings. The zero-order valence-corrected chi connectivity index (χ0v) is 12.6. The summed E-state index contributed by atoms with van der Waals surface area (Å²) in [5, 5.41) is 7.66. The molecule has 1 amide bonds. The van der Waals surface area contributed by atoms with Gasteiger partial charge in [0.2, 0.25) is 11.7 Å². The number of halogens is 1. The lowest BCUT2D eigenvalue weighted by Crippen LogP contribution is -2.10. The molecule has 2 N–H and O–H groups in total. The van der Waals surface area contributed by atoms with Gasteiger partial charge in [0.05, 0.1) is 5.69 Å². The Morgan fingerprint density at radius 2 is 2.10 bits per heavy atom. The third-order valence-electron chi connectivity index (χ3n) is 3.07. The molecule has 0 aliphatic heterocycles. The van der Waals surface area contributed by atoms with E-state index >= 15 is 0 Å². The van der Waals surface area contributed by atoms with Gasteiger partial charge in [0, 0.05) is 33.8 Å². The van der Waals surface area contributed by atoms with Crippen LogP contribution in [0, 0.1) is 0 Å². The first-order valence-electron chi connectivity index (χ1n) is 6.22. The Labute approximate surface area is 129 Å². The summed E-state index contributed by atoms with van der Waals surface area (Å²) in [6.45, 7) is 1.41. The maximum Gasteiger partial charge on any atom is 0.221 e. The van der Waals surface area contributed by atoms with Crippen LogP contribution in [0.4, 0.5) is 5.69 Å². The number of H-pyrrole nitrogens is 1. The molecule has 106 valence electrons. The summed E-state index contributed by atoms with van der Waals surface area (Å²) in [5.41, 5.74) is 2.15. The van der Waals surface area contributed by atoms with E-state index in [0.717, 1.165) is 5.39 Å². The van der Waals surface area contributed by atoms with Gasteiger partial charge in [0.15, 0.2) is 0 Å². The largest absolute Gasteiger partial charge is 0.350 e. The minimum absolute atomic E-state index is 0.160. The smallest absolute Gasteiger partial charge is 0.221 e. The lowest BCUT2D eigenvalue weighted by atomic mass is 10.1. The van der Waals surface area contributed by atoms with Crippen LogP contribution in [0.1, 0.15) is 23.0 Å². The van der Waals surface area contributed by atoms with E-state index in [1.54, 1.807) is 29.6 Å². The highest BCUT2D eigenvalue weighted by Crippen LogP contribution is 2.31. The van der Waals surface area contributed by atoms with Crippen LogP contribution in [0.25, 0.3) is 10.9 Å². The molecule has 0 aliphatic carbocycles. The van der Waals surface area contributed by atoms with Crippen molar-refractivity contribution in [3.8, 4) is 0 Å². The fraction of sp³-hybridized carbons (Fsp3) is 0.0667. The molecular formula is C15H11ClN2O2S. The van der Waals surface area contributed by atoms with E-state index in [-0.39, 0.29) is 11.7 Å². The number of ketones is 1. The molecule has 0 spiro atoms. The van der Waals surface area contributed by atoms with Crippen molar-refractivity contribution in [1.29, 1.82) is 0 Å². The molecule has 0 fully saturated rings. The first-order chi connectivity index (χ1) is 10.1. The van der Waals surface area contributed by atoms with E-state index < -0.39 is 0 Å². The summed E-state index contributed by atoms with van der Waals surface area (Å²) < 4.78 is 0. The van der Waals surface area contributed by atoms with E-state index in [1.165, 1.54) is 18.3 Å². The Morgan fingerprint density at radius 3 is 2.76 bits per heavy atom. The van der Waals surface area contributed by atoms with Crippen LogP contribution in [0.3, 0.4) is 0 Å². The predicted molar refractivity (Wildman–Crippen MR) is 85.4 cm³/mol. The number of hydrogen-bond donors (Lipinski definition) is 2. The molecule has 3 aromatic rings. The van der Waals surface area contributed by atoms with Gasteiger partial charge < -0.3 is 10.3 Å². The maximum atomic E-state index is 12.6. The molecular weight excluding hydrogens is 308 g/mol.